The molecule has 0 radical (unpaired) electrons. The maximum Gasteiger partial charge on any atom is 0.303 e. The number of hydrogen-bond donors (Lipinski definition) is 0. The molecule has 158 valence electrons. The highest BCUT2D eigenvalue weighted by Gasteiger charge is 2.81. The van der Waals surface area contributed by atoms with Crippen LogP contribution in [0.5, 0.6) is 0 Å². The van der Waals surface area contributed by atoms with E-state index in [0.29, 0.717) is 17.8 Å². The van der Waals surface area contributed by atoms with Gasteiger partial charge in [-0.2, -0.15) is 0 Å². The van der Waals surface area contributed by atoms with Crippen LogP contribution in [0.1, 0.15) is 58.8 Å². The molecular weight excluding hydrogens is 366 g/mol. The van der Waals surface area contributed by atoms with E-state index in [1.165, 1.54) is 37.7 Å². The van der Waals surface area contributed by atoms with Crippen molar-refractivity contribution in [2.45, 2.75) is 83.5 Å². The first kappa shape index (κ1) is 17.7. The molecule has 0 aromatic rings. The molecule has 5 nitrogen and oxygen atoms in total. The SMILES string of the molecule is C=C1C2CCC3(C4C[C@H]5C6(CCC[C@@]5(C)[C@H]5OCCN5[C@H]6O4)[C@@H]3C2)C1OC(C)=O. The van der Waals surface area contributed by atoms with E-state index in [0.717, 1.165) is 26.0 Å². The van der Waals surface area contributed by atoms with Gasteiger partial charge in [-0.05, 0) is 61.9 Å². The van der Waals surface area contributed by atoms with E-state index < -0.39 is 0 Å². The second-order valence-electron chi connectivity index (χ2n) is 11.4. The van der Waals surface area contributed by atoms with Gasteiger partial charge >= 0.3 is 5.97 Å². The van der Waals surface area contributed by atoms with Crippen LogP contribution in [0.4, 0.5) is 0 Å². The first-order chi connectivity index (χ1) is 13.9. The Balaban J connectivity index is 1.42. The molecule has 7 bridgehead atoms. The van der Waals surface area contributed by atoms with Gasteiger partial charge in [-0.3, -0.25) is 4.79 Å². The molecule has 2 spiro atoms. The zero-order chi connectivity index (χ0) is 19.8. The highest BCUT2D eigenvalue weighted by atomic mass is 16.6. The smallest absolute Gasteiger partial charge is 0.303 e. The summed E-state index contributed by atoms with van der Waals surface area (Å²) in [5.41, 5.74) is 1.51. The van der Waals surface area contributed by atoms with Crippen molar-refractivity contribution in [1.29, 1.82) is 0 Å². The molecule has 4 saturated heterocycles. The van der Waals surface area contributed by atoms with Crippen molar-refractivity contribution in [3.8, 4) is 0 Å². The molecule has 4 aliphatic heterocycles. The van der Waals surface area contributed by atoms with E-state index in [-0.39, 0.29) is 46.9 Å². The van der Waals surface area contributed by atoms with Gasteiger partial charge in [0.05, 0.1) is 12.7 Å². The Morgan fingerprint density at radius 1 is 1.17 bits per heavy atom. The number of carbonyl (C=O) groups excluding carboxylic acids is 1. The van der Waals surface area contributed by atoms with E-state index >= 15 is 0 Å². The molecule has 0 aromatic heterocycles. The van der Waals surface area contributed by atoms with Gasteiger partial charge < -0.3 is 14.2 Å². The number of rotatable bonds is 1. The average molecular weight is 400 g/mol. The molecule has 5 unspecified atom stereocenters. The van der Waals surface area contributed by atoms with E-state index in [2.05, 4.69) is 18.4 Å². The lowest BCUT2D eigenvalue weighted by Gasteiger charge is -2.80. The Morgan fingerprint density at radius 3 is 2.86 bits per heavy atom. The summed E-state index contributed by atoms with van der Waals surface area (Å²) >= 11 is 0. The van der Waals surface area contributed by atoms with Crippen molar-refractivity contribution in [3.05, 3.63) is 12.2 Å². The van der Waals surface area contributed by atoms with Crippen molar-refractivity contribution in [1.82, 2.24) is 4.90 Å². The first-order valence-corrected chi connectivity index (χ1v) is 11.8. The van der Waals surface area contributed by atoms with Crippen LogP contribution >= 0.6 is 0 Å². The molecule has 5 heteroatoms. The molecule has 0 N–H and O–H groups in total. The fraction of sp³-hybridized carbons (Fsp3) is 0.875. The van der Waals surface area contributed by atoms with Gasteiger partial charge in [-0.1, -0.05) is 19.9 Å². The average Bonchev–Trinajstić information content (AvgIpc) is 3.19. The lowest BCUT2D eigenvalue weighted by molar-refractivity contribution is -0.422. The van der Waals surface area contributed by atoms with Gasteiger partial charge in [-0.25, -0.2) is 4.90 Å². The van der Waals surface area contributed by atoms with Crippen LogP contribution in [0.3, 0.4) is 0 Å². The van der Waals surface area contributed by atoms with Gasteiger partial charge in [0, 0.05) is 29.7 Å². The van der Waals surface area contributed by atoms with Gasteiger partial charge in [0.2, 0.25) is 0 Å². The molecule has 9 rings (SSSR count). The first-order valence-electron chi connectivity index (χ1n) is 11.8. The number of piperidine rings is 1. The second kappa shape index (κ2) is 5.28. The maximum absolute atomic E-state index is 12.1. The third-order valence-electron chi connectivity index (χ3n) is 10.7. The summed E-state index contributed by atoms with van der Waals surface area (Å²) in [6, 6.07) is 0. The molecule has 5 aliphatic carbocycles. The molecule has 10 atom stereocenters. The van der Waals surface area contributed by atoms with Gasteiger partial charge in [-0.15, -0.1) is 0 Å². The van der Waals surface area contributed by atoms with E-state index in [4.69, 9.17) is 14.2 Å². The fourth-order valence-electron chi connectivity index (χ4n) is 10.0. The summed E-state index contributed by atoms with van der Waals surface area (Å²) in [6.07, 6.45) is 8.86. The number of esters is 1. The van der Waals surface area contributed by atoms with Crippen molar-refractivity contribution in [2.75, 3.05) is 13.2 Å². The largest absolute Gasteiger partial charge is 0.457 e. The monoisotopic (exact) mass is 399 g/mol. The van der Waals surface area contributed by atoms with Crippen LogP contribution in [0.15, 0.2) is 12.2 Å². The van der Waals surface area contributed by atoms with E-state index in [1.807, 2.05) is 0 Å². The van der Waals surface area contributed by atoms with Crippen LogP contribution in [0.25, 0.3) is 0 Å². The summed E-state index contributed by atoms with van der Waals surface area (Å²) in [4.78, 5) is 14.7. The standard InChI is InChI=1S/C24H33NO4/c1-13-15-5-8-24(19(13)28-14(2)26)17(11-15)23-7-4-6-22(3)16(23)12-18(24)29-21(23)25-9-10-27-20(22)25/h15-21H,1,4-12H2,2-3H3/t15?,16-,17+,18?,19?,20-,21+,22-,23?,24?/m1/s1. The highest BCUT2D eigenvalue weighted by Crippen LogP contribution is 2.79. The summed E-state index contributed by atoms with van der Waals surface area (Å²) in [5.74, 6) is 1.57. The number of carbonyl (C=O) groups is 1. The Bertz CT molecular complexity index is 813. The van der Waals surface area contributed by atoms with Crippen molar-refractivity contribution in [2.24, 2.45) is 34.0 Å². The predicted molar refractivity (Wildman–Crippen MR) is 106 cm³/mol. The molecular formula is C24H33NO4. The number of hydrogen-bond acceptors (Lipinski definition) is 5. The minimum absolute atomic E-state index is 0.0594. The van der Waals surface area contributed by atoms with Crippen molar-refractivity contribution in [3.63, 3.8) is 0 Å². The number of ether oxygens (including phenoxy) is 3. The fourth-order valence-corrected chi connectivity index (χ4v) is 10.0. The number of nitrogens with zero attached hydrogens (tertiary/aromatic N) is 1. The minimum Gasteiger partial charge on any atom is -0.457 e. The zero-order valence-electron chi connectivity index (χ0n) is 17.7. The Kier molecular flexibility index (Phi) is 3.23. The third kappa shape index (κ3) is 1.74. The molecule has 0 aromatic carbocycles. The Hall–Kier alpha value is -0.910. The zero-order valence-corrected chi connectivity index (χ0v) is 17.7. The Labute approximate surface area is 173 Å². The van der Waals surface area contributed by atoms with E-state index in [1.54, 1.807) is 6.92 Å². The highest BCUT2D eigenvalue weighted by molar-refractivity contribution is 5.67. The third-order valence-corrected chi connectivity index (χ3v) is 10.7. The second-order valence-corrected chi connectivity index (χ2v) is 11.4. The van der Waals surface area contributed by atoms with E-state index in [9.17, 15) is 4.79 Å². The van der Waals surface area contributed by atoms with Gasteiger partial charge in [0.1, 0.15) is 18.6 Å². The molecule has 9 aliphatic rings. The van der Waals surface area contributed by atoms with Crippen molar-refractivity contribution >= 4 is 5.97 Å². The van der Waals surface area contributed by atoms with Crippen LogP contribution in [0.2, 0.25) is 0 Å². The van der Waals surface area contributed by atoms with Gasteiger partial charge in [0.15, 0.2) is 0 Å². The maximum atomic E-state index is 12.1. The predicted octanol–water partition coefficient (Wildman–Crippen LogP) is 3.48. The van der Waals surface area contributed by atoms with Crippen LogP contribution in [0, 0.1) is 34.0 Å². The quantitative estimate of drug-likeness (QED) is 0.499. The van der Waals surface area contributed by atoms with Crippen LogP contribution < -0.4 is 0 Å². The molecule has 4 heterocycles. The molecule has 5 saturated carbocycles. The lowest BCUT2D eigenvalue weighted by Crippen LogP contribution is -2.83. The lowest BCUT2D eigenvalue weighted by atomic mass is 9.32. The summed E-state index contributed by atoms with van der Waals surface area (Å²) in [6.45, 7) is 10.3. The van der Waals surface area contributed by atoms with Crippen molar-refractivity contribution < 1.29 is 19.0 Å². The molecule has 29 heavy (non-hydrogen) atoms. The summed E-state index contributed by atoms with van der Waals surface area (Å²) in [5, 5.41) is 0. The Morgan fingerprint density at radius 2 is 2.03 bits per heavy atom. The van der Waals surface area contributed by atoms with Crippen LogP contribution in [-0.4, -0.2) is 48.7 Å². The van der Waals surface area contributed by atoms with Crippen LogP contribution in [-0.2, 0) is 19.0 Å². The summed E-state index contributed by atoms with van der Waals surface area (Å²) in [7, 11) is 0. The topological polar surface area (TPSA) is 48.0 Å². The normalized spacial score (nSPS) is 59.4. The minimum atomic E-state index is -0.169. The number of fused-ring (bicyclic) bond motifs is 4. The molecule has 9 fully saturated rings. The molecule has 0 amide bonds. The van der Waals surface area contributed by atoms with Gasteiger partial charge in [0.25, 0.3) is 0 Å². The summed E-state index contributed by atoms with van der Waals surface area (Å²) < 4.78 is 19.5.